The zero-order valence-corrected chi connectivity index (χ0v) is 18.7. The molecule has 0 aliphatic carbocycles. The molecule has 0 bridgehead atoms. The number of sulfone groups is 1. The van der Waals surface area contributed by atoms with Crippen molar-refractivity contribution in [2.45, 2.75) is 53.1 Å². The minimum atomic E-state index is -3.12. The van der Waals surface area contributed by atoms with Gasteiger partial charge in [0, 0.05) is 24.0 Å². The lowest BCUT2D eigenvalue weighted by Gasteiger charge is -2.11. The predicted octanol–water partition coefficient (Wildman–Crippen LogP) is 1.90. The number of hydrogen-bond acceptors (Lipinski definition) is 6. The lowest BCUT2D eigenvalue weighted by Crippen LogP contribution is -2.38. The first-order valence-electron chi connectivity index (χ1n) is 9.98. The van der Waals surface area contributed by atoms with E-state index in [1.54, 1.807) is 0 Å². The SMILES string of the molecule is Cc1cc(/C=C(\C#N)C(=O)OCC(=O)NC2CCS(=O)(=O)C2)c(C)n1CCC(C)C. The fourth-order valence-corrected chi connectivity index (χ4v) is 5.06. The summed E-state index contributed by atoms with van der Waals surface area (Å²) in [4.78, 5) is 24.2. The first-order valence-corrected chi connectivity index (χ1v) is 11.8. The van der Waals surface area contributed by atoms with Crippen molar-refractivity contribution in [2.24, 2.45) is 5.92 Å². The highest BCUT2D eigenvalue weighted by molar-refractivity contribution is 7.91. The van der Waals surface area contributed by atoms with Crippen LogP contribution in [0.3, 0.4) is 0 Å². The van der Waals surface area contributed by atoms with Gasteiger partial charge in [-0.3, -0.25) is 4.79 Å². The van der Waals surface area contributed by atoms with E-state index in [2.05, 4.69) is 23.7 Å². The molecular weight excluding hydrogens is 406 g/mol. The summed E-state index contributed by atoms with van der Waals surface area (Å²) >= 11 is 0. The molecule has 0 aromatic carbocycles. The molecule has 0 radical (unpaired) electrons. The zero-order chi connectivity index (χ0) is 22.5. The summed E-state index contributed by atoms with van der Waals surface area (Å²) < 4.78 is 30.0. The van der Waals surface area contributed by atoms with Gasteiger partial charge in [0.15, 0.2) is 16.4 Å². The van der Waals surface area contributed by atoms with Gasteiger partial charge in [-0.1, -0.05) is 13.8 Å². The van der Waals surface area contributed by atoms with Crippen molar-refractivity contribution >= 4 is 27.8 Å². The van der Waals surface area contributed by atoms with Gasteiger partial charge in [-0.15, -0.1) is 0 Å². The van der Waals surface area contributed by atoms with E-state index in [0.717, 1.165) is 29.9 Å². The van der Waals surface area contributed by atoms with E-state index in [9.17, 15) is 23.3 Å². The van der Waals surface area contributed by atoms with Crippen LogP contribution in [-0.2, 0) is 30.7 Å². The first kappa shape index (κ1) is 23.7. The molecule has 1 N–H and O–H groups in total. The molecule has 164 valence electrons. The van der Waals surface area contributed by atoms with Crippen molar-refractivity contribution < 1.29 is 22.7 Å². The van der Waals surface area contributed by atoms with Gasteiger partial charge in [0.1, 0.15) is 11.6 Å². The second-order valence-corrected chi connectivity index (χ2v) is 10.3. The highest BCUT2D eigenvalue weighted by atomic mass is 32.2. The molecule has 0 saturated carbocycles. The summed E-state index contributed by atoms with van der Waals surface area (Å²) in [6.45, 7) is 8.50. The Morgan fingerprint density at radius 3 is 2.67 bits per heavy atom. The maximum atomic E-state index is 12.2. The third kappa shape index (κ3) is 6.46. The van der Waals surface area contributed by atoms with Crippen LogP contribution in [0.2, 0.25) is 0 Å². The van der Waals surface area contributed by atoms with Gasteiger partial charge in [0.25, 0.3) is 5.91 Å². The number of nitrogens with one attached hydrogen (secondary N) is 1. The van der Waals surface area contributed by atoms with E-state index in [0.29, 0.717) is 12.3 Å². The molecular formula is C21H29N3O5S. The zero-order valence-electron chi connectivity index (χ0n) is 17.9. The molecule has 8 nitrogen and oxygen atoms in total. The molecule has 1 unspecified atom stereocenters. The molecule has 1 amide bonds. The Balaban J connectivity index is 1.99. The number of esters is 1. The van der Waals surface area contributed by atoms with Crippen molar-refractivity contribution in [1.29, 1.82) is 5.26 Å². The molecule has 0 spiro atoms. The summed E-state index contributed by atoms with van der Waals surface area (Å²) in [5.41, 5.74) is 2.55. The van der Waals surface area contributed by atoms with E-state index in [4.69, 9.17) is 4.74 Å². The van der Waals surface area contributed by atoms with Crippen molar-refractivity contribution in [2.75, 3.05) is 18.1 Å². The summed E-state index contributed by atoms with van der Waals surface area (Å²) in [6.07, 6.45) is 2.83. The van der Waals surface area contributed by atoms with Crippen molar-refractivity contribution in [3.63, 3.8) is 0 Å². The molecule has 1 saturated heterocycles. The van der Waals surface area contributed by atoms with Gasteiger partial charge in [-0.25, -0.2) is 13.2 Å². The first-order chi connectivity index (χ1) is 14.0. The topological polar surface area (TPSA) is 118 Å². The molecule has 1 aromatic rings. The number of aryl methyl sites for hydroxylation is 1. The number of rotatable bonds is 8. The van der Waals surface area contributed by atoms with E-state index < -0.39 is 34.4 Å². The van der Waals surface area contributed by atoms with Crippen LogP contribution in [0.5, 0.6) is 0 Å². The van der Waals surface area contributed by atoms with Crippen LogP contribution in [0.25, 0.3) is 6.08 Å². The number of aromatic nitrogens is 1. The summed E-state index contributed by atoms with van der Waals surface area (Å²) in [7, 11) is -3.12. The highest BCUT2D eigenvalue weighted by Crippen LogP contribution is 2.20. The molecule has 2 rings (SSSR count). The third-order valence-electron chi connectivity index (χ3n) is 5.11. The van der Waals surface area contributed by atoms with Crippen molar-refractivity contribution in [3.05, 3.63) is 28.6 Å². The van der Waals surface area contributed by atoms with E-state index in [-0.39, 0.29) is 17.1 Å². The number of nitriles is 1. The van der Waals surface area contributed by atoms with Gasteiger partial charge >= 0.3 is 5.97 Å². The molecule has 1 aromatic heterocycles. The predicted molar refractivity (Wildman–Crippen MR) is 113 cm³/mol. The Morgan fingerprint density at radius 1 is 1.40 bits per heavy atom. The van der Waals surface area contributed by atoms with Crippen LogP contribution in [-0.4, -0.2) is 49.0 Å². The second-order valence-electron chi connectivity index (χ2n) is 8.07. The van der Waals surface area contributed by atoms with E-state index in [1.807, 2.05) is 26.0 Å². The molecule has 1 fully saturated rings. The number of amides is 1. The maximum absolute atomic E-state index is 12.2. The normalized spacial score (nSPS) is 18.3. The molecule has 1 atom stereocenters. The molecule has 2 heterocycles. The summed E-state index contributed by atoms with van der Waals surface area (Å²) in [5, 5.41) is 11.9. The molecule has 9 heteroatoms. The number of nitrogens with zero attached hydrogens (tertiary/aromatic N) is 2. The largest absolute Gasteiger partial charge is 0.451 e. The smallest absolute Gasteiger partial charge is 0.349 e. The standard InChI is InChI=1S/C21H29N3O5S/c1-14(2)5-7-24-15(3)9-17(16(24)4)10-18(11-22)21(26)29-12-20(25)23-19-6-8-30(27,28)13-19/h9-10,14,19H,5-8,12-13H2,1-4H3,(H,23,25)/b18-10+. The highest BCUT2D eigenvalue weighted by Gasteiger charge is 2.29. The van der Waals surface area contributed by atoms with E-state index >= 15 is 0 Å². The maximum Gasteiger partial charge on any atom is 0.349 e. The molecule has 1 aliphatic rings. The van der Waals surface area contributed by atoms with Crippen LogP contribution in [0.1, 0.15) is 43.6 Å². The molecule has 30 heavy (non-hydrogen) atoms. The monoisotopic (exact) mass is 435 g/mol. The average molecular weight is 436 g/mol. The summed E-state index contributed by atoms with van der Waals surface area (Å²) in [5.74, 6) is -0.990. The van der Waals surface area contributed by atoms with Crippen LogP contribution in [0.15, 0.2) is 11.6 Å². The lowest BCUT2D eigenvalue weighted by molar-refractivity contribution is -0.144. The third-order valence-corrected chi connectivity index (χ3v) is 6.88. The second kappa shape index (κ2) is 9.94. The lowest BCUT2D eigenvalue weighted by atomic mass is 10.1. The van der Waals surface area contributed by atoms with Crippen LogP contribution in [0, 0.1) is 31.1 Å². The Hall–Kier alpha value is -2.60. The van der Waals surface area contributed by atoms with Crippen molar-refractivity contribution in [3.8, 4) is 6.07 Å². The number of ether oxygens (including phenoxy) is 1. The fraction of sp³-hybridized carbons (Fsp3) is 0.571. The summed E-state index contributed by atoms with van der Waals surface area (Å²) in [6, 6.07) is 3.27. The fourth-order valence-electron chi connectivity index (χ4n) is 3.38. The van der Waals surface area contributed by atoms with E-state index in [1.165, 1.54) is 6.08 Å². The average Bonchev–Trinajstić information content (AvgIpc) is 3.13. The number of carbonyl (C=O) groups excluding carboxylic acids is 2. The van der Waals surface area contributed by atoms with Gasteiger partial charge in [0.2, 0.25) is 0 Å². The quantitative estimate of drug-likeness (QED) is 0.378. The van der Waals surface area contributed by atoms with Gasteiger partial charge < -0.3 is 14.6 Å². The number of hydrogen-bond donors (Lipinski definition) is 1. The van der Waals surface area contributed by atoms with Gasteiger partial charge in [0.05, 0.1) is 11.5 Å². The van der Waals surface area contributed by atoms with Crippen molar-refractivity contribution in [1.82, 2.24) is 9.88 Å². The Morgan fingerprint density at radius 2 is 2.10 bits per heavy atom. The van der Waals surface area contributed by atoms with Gasteiger partial charge in [-0.2, -0.15) is 5.26 Å². The van der Waals surface area contributed by atoms with Crippen LogP contribution in [0.4, 0.5) is 0 Å². The van der Waals surface area contributed by atoms with Crippen LogP contribution < -0.4 is 5.32 Å². The Bertz CT molecular complexity index is 983. The Kier molecular flexibility index (Phi) is 7.84. The van der Waals surface area contributed by atoms with Gasteiger partial charge in [-0.05, 0) is 50.3 Å². The van der Waals surface area contributed by atoms with Crippen LogP contribution >= 0.6 is 0 Å². The minimum absolute atomic E-state index is 0.0363. The minimum Gasteiger partial charge on any atom is -0.451 e. The Labute approximate surface area is 177 Å². The molecule has 1 aliphatic heterocycles. The number of carbonyl (C=O) groups is 2.